The topological polar surface area (TPSA) is 46.5 Å². The first-order chi connectivity index (χ1) is 12.2. The van der Waals surface area contributed by atoms with Crippen molar-refractivity contribution in [1.29, 1.82) is 0 Å². The zero-order valence-electron chi connectivity index (χ0n) is 15.0. The highest BCUT2D eigenvalue weighted by Gasteiger charge is 2.02. The van der Waals surface area contributed by atoms with Gasteiger partial charge in [-0.25, -0.2) is 0 Å². The molecule has 134 valence electrons. The number of benzene rings is 2. The minimum absolute atomic E-state index is 0.204. The summed E-state index contributed by atoms with van der Waals surface area (Å²) in [5.41, 5.74) is 3.66. The van der Waals surface area contributed by atoms with Gasteiger partial charge in [0.2, 0.25) is 0 Å². The van der Waals surface area contributed by atoms with E-state index in [4.69, 9.17) is 9.84 Å². The highest BCUT2D eigenvalue weighted by atomic mass is 16.5. The minimum atomic E-state index is -0.745. The first-order valence-electron chi connectivity index (χ1n) is 9.18. The van der Waals surface area contributed by atoms with Crippen LogP contribution in [-0.2, 0) is 24.2 Å². The predicted octanol–water partition coefficient (Wildman–Crippen LogP) is 5.41. The lowest BCUT2D eigenvalue weighted by molar-refractivity contribution is -0.137. The third-order valence-corrected chi connectivity index (χ3v) is 4.25. The number of carboxylic acids is 1. The van der Waals surface area contributed by atoms with Crippen molar-refractivity contribution in [3.8, 4) is 5.75 Å². The second kappa shape index (κ2) is 10.5. The van der Waals surface area contributed by atoms with Crippen LogP contribution in [0.25, 0.3) is 0 Å². The van der Waals surface area contributed by atoms with Gasteiger partial charge in [-0.3, -0.25) is 4.79 Å². The number of aryl methyl sites for hydroxylation is 2. The van der Waals surface area contributed by atoms with Crippen LogP contribution in [0, 0.1) is 0 Å². The van der Waals surface area contributed by atoms with E-state index in [1.165, 1.54) is 24.8 Å². The van der Waals surface area contributed by atoms with E-state index in [1.807, 2.05) is 24.3 Å². The van der Waals surface area contributed by atoms with E-state index in [9.17, 15) is 4.79 Å². The molecule has 0 heterocycles. The summed E-state index contributed by atoms with van der Waals surface area (Å²) < 4.78 is 5.88. The molecule has 0 fully saturated rings. The van der Waals surface area contributed by atoms with Crippen LogP contribution in [0.2, 0.25) is 0 Å². The summed E-state index contributed by atoms with van der Waals surface area (Å²) >= 11 is 0. The maximum atomic E-state index is 10.6. The molecular weight excluding hydrogens is 312 g/mol. The van der Waals surface area contributed by atoms with Gasteiger partial charge in [-0.05, 0) is 54.5 Å². The number of carboxylic acid groups (broad SMARTS) is 1. The molecule has 0 saturated heterocycles. The Balaban J connectivity index is 1.81. The highest BCUT2D eigenvalue weighted by Crippen LogP contribution is 2.17. The summed E-state index contributed by atoms with van der Waals surface area (Å²) in [6.07, 6.45) is 6.55. The van der Waals surface area contributed by atoms with Gasteiger partial charge in [0.1, 0.15) is 12.4 Å². The van der Waals surface area contributed by atoms with Gasteiger partial charge in [-0.1, -0.05) is 56.2 Å². The lowest BCUT2D eigenvalue weighted by Gasteiger charge is -2.09. The van der Waals surface area contributed by atoms with Crippen LogP contribution < -0.4 is 4.74 Å². The van der Waals surface area contributed by atoms with Gasteiger partial charge in [0.15, 0.2) is 0 Å². The van der Waals surface area contributed by atoms with Crippen LogP contribution in [0.5, 0.6) is 5.75 Å². The normalized spacial score (nSPS) is 10.6. The third kappa shape index (κ3) is 7.42. The fraction of sp³-hybridized carbons (Fsp3) is 0.409. The van der Waals surface area contributed by atoms with E-state index in [0.29, 0.717) is 13.0 Å². The van der Waals surface area contributed by atoms with Crippen LogP contribution in [0.3, 0.4) is 0 Å². The average molecular weight is 340 g/mol. The zero-order valence-corrected chi connectivity index (χ0v) is 15.0. The molecule has 0 atom stereocenters. The molecule has 0 bridgehead atoms. The monoisotopic (exact) mass is 340 g/mol. The lowest BCUT2D eigenvalue weighted by atomic mass is 10.1. The van der Waals surface area contributed by atoms with Gasteiger partial charge in [0, 0.05) is 6.42 Å². The second-order valence-electron chi connectivity index (χ2n) is 6.46. The Labute approximate surface area is 150 Å². The van der Waals surface area contributed by atoms with Crippen LogP contribution in [-0.4, -0.2) is 11.1 Å². The van der Waals surface area contributed by atoms with Gasteiger partial charge in [0.25, 0.3) is 0 Å². The Kier molecular flexibility index (Phi) is 8.03. The average Bonchev–Trinajstić information content (AvgIpc) is 2.61. The van der Waals surface area contributed by atoms with E-state index in [-0.39, 0.29) is 6.42 Å². The molecule has 0 amide bonds. The molecule has 3 nitrogen and oxygen atoms in total. The maximum Gasteiger partial charge on any atom is 0.303 e. The summed E-state index contributed by atoms with van der Waals surface area (Å²) in [4.78, 5) is 10.6. The number of hydrogen-bond donors (Lipinski definition) is 1. The van der Waals surface area contributed by atoms with Crippen molar-refractivity contribution >= 4 is 5.97 Å². The van der Waals surface area contributed by atoms with Crippen molar-refractivity contribution in [3.63, 3.8) is 0 Å². The molecule has 2 aromatic rings. The van der Waals surface area contributed by atoms with Crippen LogP contribution in [0.1, 0.15) is 55.7 Å². The number of aliphatic carboxylic acids is 1. The quantitative estimate of drug-likeness (QED) is 0.557. The Morgan fingerprint density at radius 1 is 0.920 bits per heavy atom. The molecule has 0 aliphatic carbocycles. The molecule has 2 aromatic carbocycles. The van der Waals surface area contributed by atoms with E-state index < -0.39 is 5.97 Å². The maximum absolute atomic E-state index is 10.6. The molecule has 0 unspecified atom stereocenters. The van der Waals surface area contributed by atoms with Crippen molar-refractivity contribution in [2.24, 2.45) is 0 Å². The Morgan fingerprint density at radius 3 is 2.36 bits per heavy atom. The highest BCUT2D eigenvalue weighted by molar-refractivity contribution is 5.66. The number of ether oxygens (including phenoxy) is 1. The molecule has 0 spiro atoms. The number of unbranched alkanes of at least 4 members (excludes halogenated alkanes) is 2. The molecule has 1 N–H and O–H groups in total. The van der Waals surface area contributed by atoms with E-state index in [0.717, 1.165) is 29.7 Å². The molecule has 0 aliphatic rings. The standard InChI is InChI=1S/C22H28O3/c1-2-3-4-7-18-12-14-20(15-13-18)17-25-21-10-5-8-19(16-21)9-6-11-22(23)24/h5,8,10,12-16H,2-4,6-7,9,11,17H2,1H3,(H,23,24). The molecule has 0 radical (unpaired) electrons. The SMILES string of the molecule is CCCCCc1ccc(COc2cccc(CCCC(=O)O)c2)cc1. The Bertz CT molecular complexity index is 647. The predicted molar refractivity (Wildman–Crippen MR) is 101 cm³/mol. The number of hydrogen-bond acceptors (Lipinski definition) is 2. The molecule has 3 heteroatoms. The van der Waals surface area contributed by atoms with Crippen molar-refractivity contribution < 1.29 is 14.6 Å². The first-order valence-corrected chi connectivity index (χ1v) is 9.18. The van der Waals surface area contributed by atoms with Crippen molar-refractivity contribution in [2.45, 2.75) is 58.5 Å². The largest absolute Gasteiger partial charge is 0.489 e. The fourth-order valence-electron chi connectivity index (χ4n) is 2.78. The van der Waals surface area contributed by atoms with Crippen molar-refractivity contribution in [2.75, 3.05) is 0 Å². The smallest absolute Gasteiger partial charge is 0.303 e. The van der Waals surface area contributed by atoms with E-state index in [1.54, 1.807) is 0 Å². The van der Waals surface area contributed by atoms with Gasteiger partial charge in [0.05, 0.1) is 0 Å². The third-order valence-electron chi connectivity index (χ3n) is 4.25. The van der Waals surface area contributed by atoms with Gasteiger partial charge in [-0.2, -0.15) is 0 Å². The number of rotatable bonds is 11. The molecule has 0 saturated carbocycles. The van der Waals surface area contributed by atoms with E-state index in [2.05, 4.69) is 31.2 Å². The lowest BCUT2D eigenvalue weighted by Crippen LogP contribution is -1.98. The number of carbonyl (C=O) groups is 1. The summed E-state index contributed by atoms with van der Waals surface area (Å²) in [5, 5.41) is 8.71. The van der Waals surface area contributed by atoms with Gasteiger partial charge in [-0.15, -0.1) is 0 Å². The van der Waals surface area contributed by atoms with Gasteiger partial charge >= 0.3 is 5.97 Å². The van der Waals surface area contributed by atoms with Gasteiger partial charge < -0.3 is 9.84 Å². The van der Waals surface area contributed by atoms with Crippen LogP contribution in [0.4, 0.5) is 0 Å². The minimum Gasteiger partial charge on any atom is -0.489 e. The first kappa shape index (κ1) is 19.0. The molecule has 2 rings (SSSR count). The molecule has 0 aliphatic heterocycles. The Morgan fingerprint density at radius 2 is 1.64 bits per heavy atom. The second-order valence-corrected chi connectivity index (χ2v) is 6.46. The molecule has 25 heavy (non-hydrogen) atoms. The van der Waals surface area contributed by atoms with Crippen molar-refractivity contribution in [3.05, 3.63) is 65.2 Å². The molecular formula is C22H28O3. The van der Waals surface area contributed by atoms with Crippen molar-refractivity contribution in [1.82, 2.24) is 0 Å². The fourth-order valence-corrected chi connectivity index (χ4v) is 2.78. The van der Waals surface area contributed by atoms with E-state index >= 15 is 0 Å². The van der Waals surface area contributed by atoms with Crippen LogP contribution in [0.15, 0.2) is 48.5 Å². The zero-order chi connectivity index (χ0) is 17.9. The summed E-state index contributed by atoms with van der Waals surface area (Å²) in [7, 11) is 0. The molecule has 0 aromatic heterocycles. The summed E-state index contributed by atoms with van der Waals surface area (Å²) in [6, 6.07) is 16.6. The summed E-state index contributed by atoms with van der Waals surface area (Å²) in [6.45, 7) is 2.77. The van der Waals surface area contributed by atoms with Crippen LogP contribution >= 0.6 is 0 Å². The summed E-state index contributed by atoms with van der Waals surface area (Å²) in [5.74, 6) is 0.0883. The Hall–Kier alpha value is -2.29.